The second-order valence-electron chi connectivity index (χ2n) is 16.3. The van der Waals surface area contributed by atoms with E-state index in [1.54, 1.807) is 0 Å². The van der Waals surface area contributed by atoms with Crippen LogP contribution < -0.4 is 4.89 Å². The first-order valence-electron chi connectivity index (χ1n) is 23.1. The van der Waals surface area contributed by atoms with Crippen LogP contribution in [0.2, 0.25) is 0 Å². The summed E-state index contributed by atoms with van der Waals surface area (Å²) in [6, 6.07) is 0. The van der Waals surface area contributed by atoms with E-state index in [-0.39, 0.29) is 45.3 Å². The van der Waals surface area contributed by atoms with E-state index in [4.69, 9.17) is 18.5 Å². The van der Waals surface area contributed by atoms with Crippen LogP contribution in [0.3, 0.4) is 0 Å². The second kappa shape index (κ2) is 40.6. The van der Waals surface area contributed by atoms with Crippen molar-refractivity contribution in [1.29, 1.82) is 0 Å². The molecule has 0 aromatic heterocycles. The maximum atomic E-state index is 12.7. The smallest absolute Gasteiger partial charge is 0.306 e. The topological polar surface area (TPSA) is 152 Å². The number of allylic oxidation sites excluding steroid dienone is 15. The summed E-state index contributed by atoms with van der Waals surface area (Å²) in [5.41, 5.74) is 0. The molecule has 0 saturated carbocycles. The predicted octanol–water partition coefficient (Wildman–Crippen LogP) is 10.7. The molecule has 2 N–H and O–H groups in total. The van der Waals surface area contributed by atoms with Crippen molar-refractivity contribution >= 4 is 19.8 Å². The number of esters is 2. The van der Waals surface area contributed by atoms with Crippen LogP contribution in [-0.2, 0) is 32.7 Å². The lowest BCUT2D eigenvalue weighted by Gasteiger charge is -2.28. The molecule has 0 heterocycles. The Balaban J connectivity index is 4.65. The van der Waals surface area contributed by atoms with E-state index >= 15 is 0 Å². The number of unbranched alkanes of at least 4 members (excludes halogenated alkanes) is 6. The molecule has 0 aromatic carbocycles. The van der Waals surface area contributed by atoms with Crippen LogP contribution in [0.25, 0.3) is 0 Å². The Labute approximate surface area is 376 Å². The Morgan fingerprint density at radius 3 is 1.63 bits per heavy atom. The number of aliphatic hydroxyl groups is 2. The summed E-state index contributed by atoms with van der Waals surface area (Å²) in [4.78, 5) is 37.7. The monoisotopic (exact) mass is 890 g/mol. The molecular formula is C50H84NO10P. The minimum absolute atomic E-state index is 0.0943. The maximum Gasteiger partial charge on any atom is 0.306 e. The van der Waals surface area contributed by atoms with Gasteiger partial charge in [0.25, 0.3) is 7.82 Å². The van der Waals surface area contributed by atoms with Gasteiger partial charge in [0.1, 0.15) is 19.8 Å². The average Bonchev–Trinajstić information content (AvgIpc) is 3.22. The molecule has 12 heteroatoms. The molecule has 0 saturated heterocycles. The van der Waals surface area contributed by atoms with Gasteiger partial charge in [0.15, 0.2) is 6.10 Å². The van der Waals surface area contributed by atoms with E-state index < -0.39 is 44.7 Å². The van der Waals surface area contributed by atoms with Crippen molar-refractivity contribution < 1.29 is 52.3 Å². The van der Waals surface area contributed by atoms with Crippen molar-refractivity contribution in [3.05, 3.63) is 97.2 Å². The minimum atomic E-state index is -4.72. The number of ether oxygens (including phenoxy) is 2. The number of aliphatic hydroxyl groups excluding tert-OH is 2. The van der Waals surface area contributed by atoms with Gasteiger partial charge < -0.3 is 38.1 Å². The average molecular weight is 890 g/mol. The number of nitrogens with zero attached hydrogens (tertiary/aromatic N) is 1. The van der Waals surface area contributed by atoms with E-state index in [0.29, 0.717) is 17.4 Å². The molecule has 62 heavy (non-hydrogen) atoms. The lowest BCUT2D eigenvalue weighted by Crippen LogP contribution is -2.37. The summed E-state index contributed by atoms with van der Waals surface area (Å²) in [7, 11) is 0.951. The van der Waals surface area contributed by atoms with Gasteiger partial charge in [-0.05, 0) is 96.3 Å². The summed E-state index contributed by atoms with van der Waals surface area (Å²) < 4.78 is 33.7. The fraction of sp³-hybridized carbons (Fsp3) is 0.640. The number of quaternary nitrogens is 1. The molecule has 0 aliphatic rings. The predicted molar refractivity (Wildman–Crippen MR) is 252 cm³/mol. The van der Waals surface area contributed by atoms with Gasteiger partial charge in [-0.3, -0.25) is 14.2 Å². The highest BCUT2D eigenvalue weighted by Gasteiger charge is 2.22. The molecule has 354 valence electrons. The number of rotatable bonds is 40. The van der Waals surface area contributed by atoms with Crippen LogP contribution >= 0.6 is 7.82 Å². The molecule has 3 unspecified atom stereocenters. The number of hydrogen-bond acceptors (Lipinski definition) is 10. The Morgan fingerprint density at radius 2 is 1.10 bits per heavy atom. The van der Waals surface area contributed by atoms with Crippen LogP contribution in [0, 0.1) is 0 Å². The zero-order valence-corrected chi connectivity index (χ0v) is 39.9. The highest BCUT2D eigenvalue weighted by Crippen LogP contribution is 2.38. The third-order valence-electron chi connectivity index (χ3n) is 9.29. The number of phosphoric ester groups is 1. The molecule has 11 nitrogen and oxygen atoms in total. The van der Waals surface area contributed by atoms with Gasteiger partial charge >= 0.3 is 11.9 Å². The van der Waals surface area contributed by atoms with Crippen LogP contribution in [0.5, 0.6) is 0 Å². The number of phosphoric acid groups is 1. The lowest BCUT2D eigenvalue weighted by molar-refractivity contribution is -0.870. The van der Waals surface area contributed by atoms with Gasteiger partial charge in [-0.15, -0.1) is 0 Å². The highest BCUT2D eigenvalue weighted by molar-refractivity contribution is 7.45. The van der Waals surface area contributed by atoms with Crippen molar-refractivity contribution in [3.63, 3.8) is 0 Å². The van der Waals surface area contributed by atoms with E-state index in [1.165, 1.54) is 19.3 Å². The summed E-state index contributed by atoms with van der Waals surface area (Å²) >= 11 is 0. The van der Waals surface area contributed by atoms with E-state index in [2.05, 4.69) is 98.9 Å². The molecule has 0 spiro atoms. The standard InChI is InChI=1S/C50H84NO10P/c1-6-8-10-12-14-16-18-20-21-22-23-24-25-26-28-30-32-34-36-40-49(54)58-44-46(45-60-62(56,57)59-43-42-51(3,4)5)61-50(55)41-37-39-48(53)47(52)38-35-33-31-29-27-19-17-15-13-11-9-7-2/h8,10,14-17,20-21,23-24,26-29,33,35,46-48,52-53H,6-7,9,11-13,18-19,22,25,30-32,34,36-45H2,1-5H3/b10-8-,16-14-,17-15-,21-20-,24-23-,28-26-,29-27-,35-33-/t46-,47?,48?/m1/s1. The van der Waals surface area contributed by atoms with Crippen molar-refractivity contribution in [1.82, 2.24) is 0 Å². The quantitative estimate of drug-likeness (QED) is 0.0200. The molecule has 0 aliphatic heterocycles. The van der Waals surface area contributed by atoms with Crippen LogP contribution in [-0.4, -0.2) is 92.5 Å². The van der Waals surface area contributed by atoms with E-state index in [1.807, 2.05) is 33.3 Å². The van der Waals surface area contributed by atoms with Crippen molar-refractivity contribution in [3.8, 4) is 0 Å². The number of likely N-dealkylation sites (N-methyl/N-ethyl adjacent to an activating group) is 1. The Morgan fingerprint density at radius 1 is 0.597 bits per heavy atom. The fourth-order valence-corrected chi connectivity index (χ4v) is 6.28. The summed E-state index contributed by atoms with van der Waals surface area (Å²) in [5.74, 6) is -1.17. The molecule has 0 amide bonds. The number of carbonyl (C=O) groups excluding carboxylic acids is 2. The van der Waals surface area contributed by atoms with Crippen molar-refractivity contribution in [2.24, 2.45) is 0 Å². The maximum absolute atomic E-state index is 12.7. The minimum Gasteiger partial charge on any atom is -0.756 e. The first kappa shape index (κ1) is 58.9. The second-order valence-corrected chi connectivity index (χ2v) is 17.7. The molecule has 0 radical (unpaired) electrons. The molecule has 0 aromatic rings. The van der Waals surface area contributed by atoms with E-state index in [0.717, 1.165) is 70.6 Å². The van der Waals surface area contributed by atoms with Crippen LogP contribution in [0.1, 0.15) is 142 Å². The van der Waals surface area contributed by atoms with Gasteiger partial charge in [-0.1, -0.05) is 130 Å². The van der Waals surface area contributed by atoms with Crippen molar-refractivity contribution in [2.75, 3.05) is 47.5 Å². The van der Waals surface area contributed by atoms with Gasteiger partial charge in [0, 0.05) is 12.8 Å². The summed E-state index contributed by atoms with van der Waals surface area (Å²) in [6.07, 6.45) is 46.0. The third-order valence-corrected chi connectivity index (χ3v) is 10.3. The van der Waals surface area contributed by atoms with Crippen LogP contribution in [0.4, 0.5) is 0 Å². The first-order valence-corrected chi connectivity index (χ1v) is 24.6. The molecule has 4 atom stereocenters. The zero-order chi connectivity index (χ0) is 46.0. The molecular weight excluding hydrogens is 806 g/mol. The van der Waals surface area contributed by atoms with Crippen LogP contribution in [0.15, 0.2) is 97.2 Å². The Hall–Kier alpha value is -3.15. The van der Waals surface area contributed by atoms with Gasteiger partial charge in [-0.25, -0.2) is 0 Å². The summed E-state index contributed by atoms with van der Waals surface area (Å²) in [6.45, 7) is 3.68. The zero-order valence-electron chi connectivity index (χ0n) is 39.0. The molecule has 0 aliphatic carbocycles. The Kier molecular flexibility index (Phi) is 38.5. The normalized spacial score (nSPS) is 15.4. The highest BCUT2D eigenvalue weighted by atomic mass is 31.2. The fourth-order valence-electron chi connectivity index (χ4n) is 5.55. The number of hydrogen-bond donors (Lipinski definition) is 2. The number of carbonyl (C=O) groups is 2. The van der Waals surface area contributed by atoms with Gasteiger partial charge in [-0.2, -0.15) is 0 Å². The van der Waals surface area contributed by atoms with Gasteiger partial charge in [0.2, 0.25) is 0 Å². The molecule has 0 rings (SSSR count). The molecule has 0 bridgehead atoms. The SMILES string of the molecule is CC/C=C\C/C=C\C/C=C\C/C=C\C/C=C\CCCCCC(=O)OC[C@H](COP(=O)([O-])OCC[N+](C)(C)C)OC(=O)CCCC(O)C(O)C/C=C\C/C=C\C/C=C\CCCCC. The lowest BCUT2D eigenvalue weighted by atomic mass is 10.0. The summed E-state index contributed by atoms with van der Waals surface area (Å²) in [5, 5.41) is 20.8. The van der Waals surface area contributed by atoms with Gasteiger partial charge in [0.05, 0.1) is 40.0 Å². The first-order chi connectivity index (χ1) is 29.8. The van der Waals surface area contributed by atoms with E-state index in [9.17, 15) is 29.3 Å². The molecule has 0 fully saturated rings. The Bertz CT molecular complexity index is 1410. The third kappa shape index (κ3) is 42.2. The van der Waals surface area contributed by atoms with Crippen molar-refractivity contribution in [2.45, 2.75) is 161 Å². The largest absolute Gasteiger partial charge is 0.756 e.